The van der Waals surface area contributed by atoms with E-state index in [1.807, 2.05) is 17.9 Å². The van der Waals surface area contributed by atoms with Crippen molar-refractivity contribution >= 4 is 17.5 Å². The van der Waals surface area contributed by atoms with Crippen LogP contribution in [-0.4, -0.2) is 87.2 Å². The third-order valence-electron chi connectivity index (χ3n) is 6.77. The first-order chi connectivity index (χ1) is 17.6. The van der Waals surface area contributed by atoms with Gasteiger partial charge >= 0.3 is 0 Å². The zero-order valence-electron chi connectivity index (χ0n) is 21.3. The number of carbonyl (C=O) groups is 2. The number of piperazine rings is 1. The lowest BCUT2D eigenvalue weighted by atomic mass is 10.1. The van der Waals surface area contributed by atoms with Crippen molar-refractivity contribution in [2.24, 2.45) is 0 Å². The first-order valence-electron chi connectivity index (χ1n) is 13.1. The molecule has 0 atom stereocenters. The zero-order chi connectivity index (χ0) is 25.2. The van der Waals surface area contributed by atoms with E-state index in [1.165, 1.54) is 12.1 Å². The molecule has 194 valence electrons. The molecule has 0 spiro atoms. The summed E-state index contributed by atoms with van der Waals surface area (Å²) in [6.07, 6.45) is 3.26. The predicted molar refractivity (Wildman–Crippen MR) is 141 cm³/mol. The maximum absolute atomic E-state index is 12.8. The lowest BCUT2D eigenvalue weighted by molar-refractivity contribution is -0.134. The molecule has 8 nitrogen and oxygen atoms in total. The average Bonchev–Trinajstić information content (AvgIpc) is 2.93. The molecule has 36 heavy (non-hydrogen) atoms. The SMILES string of the molecule is CCOc1cc(C(=O)NCCN2CCN(c3ccccc3)CC2)ccc1OCC(=O)N1CCCCC1. The minimum atomic E-state index is -0.144. The Morgan fingerprint density at radius 3 is 2.33 bits per heavy atom. The van der Waals surface area contributed by atoms with Crippen molar-refractivity contribution in [1.29, 1.82) is 0 Å². The standard InChI is InChI=1S/C28H38N4O4/c1-2-35-26-21-23(11-12-25(26)36-22-27(33)32-14-7-4-8-15-32)28(34)29-13-16-30-17-19-31(20-18-30)24-9-5-3-6-10-24/h3,5-6,9-12,21H,2,4,7-8,13-20,22H2,1H3,(H,29,34). The molecule has 2 saturated heterocycles. The van der Waals surface area contributed by atoms with Gasteiger partial charge < -0.3 is 24.6 Å². The fourth-order valence-corrected chi connectivity index (χ4v) is 4.71. The quantitative estimate of drug-likeness (QED) is 0.547. The van der Waals surface area contributed by atoms with E-state index < -0.39 is 0 Å². The van der Waals surface area contributed by atoms with E-state index in [-0.39, 0.29) is 18.4 Å². The van der Waals surface area contributed by atoms with E-state index in [2.05, 4.69) is 39.4 Å². The Kier molecular flexibility index (Phi) is 9.44. The van der Waals surface area contributed by atoms with Crippen LogP contribution in [0.4, 0.5) is 5.69 Å². The van der Waals surface area contributed by atoms with Crippen molar-refractivity contribution < 1.29 is 19.1 Å². The van der Waals surface area contributed by atoms with Crippen LogP contribution in [0.15, 0.2) is 48.5 Å². The monoisotopic (exact) mass is 494 g/mol. The molecule has 2 amide bonds. The van der Waals surface area contributed by atoms with E-state index in [4.69, 9.17) is 9.47 Å². The molecule has 0 aromatic heterocycles. The van der Waals surface area contributed by atoms with Crippen LogP contribution in [0, 0.1) is 0 Å². The van der Waals surface area contributed by atoms with Crippen molar-refractivity contribution in [3.63, 3.8) is 0 Å². The Bertz CT molecular complexity index is 986. The van der Waals surface area contributed by atoms with Crippen LogP contribution in [0.5, 0.6) is 11.5 Å². The molecule has 2 aliphatic rings. The van der Waals surface area contributed by atoms with Crippen LogP contribution in [0.1, 0.15) is 36.5 Å². The number of likely N-dealkylation sites (tertiary alicyclic amines) is 1. The van der Waals surface area contributed by atoms with E-state index in [0.717, 1.165) is 58.7 Å². The summed E-state index contributed by atoms with van der Waals surface area (Å²) in [7, 11) is 0. The number of amides is 2. The van der Waals surface area contributed by atoms with Gasteiger partial charge in [-0.3, -0.25) is 14.5 Å². The highest BCUT2D eigenvalue weighted by molar-refractivity contribution is 5.94. The number of piperidine rings is 1. The van der Waals surface area contributed by atoms with Crippen LogP contribution in [0.2, 0.25) is 0 Å². The Morgan fingerprint density at radius 1 is 0.861 bits per heavy atom. The van der Waals surface area contributed by atoms with Crippen molar-refractivity contribution in [2.75, 3.05) is 70.5 Å². The Morgan fingerprint density at radius 2 is 1.61 bits per heavy atom. The molecule has 0 bridgehead atoms. The fourth-order valence-electron chi connectivity index (χ4n) is 4.71. The van der Waals surface area contributed by atoms with Gasteiger partial charge in [0.2, 0.25) is 0 Å². The maximum Gasteiger partial charge on any atom is 0.260 e. The van der Waals surface area contributed by atoms with Crippen molar-refractivity contribution in [3.05, 3.63) is 54.1 Å². The Hall–Kier alpha value is -3.26. The van der Waals surface area contributed by atoms with Crippen LogP contribution >= 0.6 is 0 Å². The van der Waals surface area contributed by atoms with Gasteiger partial charge in [0.15, 0.2) is 18.1 Å². The lowest BCUT2D eigenvalue weighted by Crippen LogP contribution is -2.48. The summed E-state index contributed by atoms with van der Waals surface area (Å²) in [5.41, 5.74) is 1.78. The number of rotatable bonds is 10. The van der Waals surface area contributed by atoms with Crippen molar-refractivity contribution in [2.45, 2.75) is 26.2 Å². The molecular formula is C28H38N4O4. The van der Waals surface area contributed by atoms with Gasteiger partial charge in [0, 0.05) is 63.6 Å². The highest BCUT2D eigenvalue weighted by Gasteiger charge is 2.19. The molecular weight excluding hydrogens is 456 g/mol. The number of para-hydroxylation sites is 1. The number of nitrogens with one attached hydrogen (secondary N) is 1. The van der Waals surface area contributed by atoms with Crippen molar-refractivity contribution in [1.82, 2.24) is 15.1 Å². The highest BCUT2D eigenvalue weighted by Crippen LogP contribution is 2.29. The molecule has 0 unspecified atom stereocenters. The highest BCUT2D eigenvalue weighted by atomic mass is 16.5. The normalized spacial score (nSPS) is 16.5. The second-order valence-corrected chi connectivity index (χ2v) is 9.24. The largest absolute Gasteiger partial charge is 0.490 e. The van der Waals surface area contributed by atoms with E-state index in [9.17, 15) is 9.59 Å². The first-order valence-corrected chi connectivity index (χ1v) is 13.1. The van der Waals surface area contributed by atoms with Crippen LogP contribution < -0.4 is 19.7 Å². The number of hydrogen-bond acceptors (Lipinski definition) is 6. The smallest absolute Gasteiger partial charge is 0.260 e. The topological polar surface area (TPSA) is 74.4 Å². The number of nitrogens with zero attached hydrogens (tertiary/aromatic N) is 3. The minimum absolute atomic E-state index is 0.0106. The molecule has 0 radical (unpaired) electrons. The summed E-state index contributed by atoms with van der Waals surface area (Å²) >= 11 is 0. The number of ether oxygens (including phenoxy) is 2. The Balaban J connectivity index is 1.23. The van der Waals surface area contributed by atoms with Crippen molar-refractivity contribution in [3.8, 4) is 11.5 Å². The van der Waals surface area contributed by atoms with Gasteiger partial charge in [0.1, 0.15) is 0 Å². The molecule has 8 heteroatoms. The van der Waals surface area contributed by atoms with Gasteiger partial charge in [-0.25, -0.2) is 0 Å². The second-order valence-electron chi connectivity index (χ2n) is 9.24. The number of carbonyl (C=O) groups excluding carboxylic acids is 2. The average molecular weight is 495 g/mol. The summed E-state index contributed by atoms with van der Waals surface area (Å²) < 4.78 is 11.5. The summed E-state index contributed by atoms with van der Waals surface area (Å²) in [4.78, 5) is 31.8. The lowest BCUT2D eigenvalue weighted by Gasteiger charge is -2.36. The molecule has 2 aromatic carbocycles. The summed E-state index contributed by atoms with van der Waals surface area (Å²) in [5.74, 6) is 0.807. The second kappa shape index (κ2) is 13.2. The van der Waals surface area contributed by atoms with E-state index in [0.29, 0.717) is 30.2 Å². The molecule has 0 aliphatic carbocycles. The predicted octanol–water partition coefficient (Wildman–Crippen LogP) is 3.03. The van der Waals surface area contributed by atoms with E-state index in [1.54, 1.807) is 18.2 Å². The van der Waals surface area contributed by atoms with Gasteiger partial charge in [0.05, 0.1) is 6.61 Å². The number of anilines is 1. The van der Waals surface area contributed by atoms with Gasteiger partial charge in [-0.2, -0.15) is 0 Å². The van der Waals surface area contributed by atoms with Gasteiger partial charge in [0.25, 0.3) is 11.8 Å². The third-order valence-corrected chi connectivity index (χ3v) is 6.77. The van der Waals surface area contributed by atoms with E-state index >= 15 is 0 Å². The molecule has 1 N–H and O–H groups in total. The van der Waals surface area contributed by atoms with Gasteiger partial charge in [-0.15, -0.1) is 0 Å². The molecule has 2 fully saturated rings. The summed E-state index contributed by atoms with van der Waals surface area (Å²) in [6.45, 7) is 9.19. The Labute approximate surface area is 214 Å². The minimum Gasteiger partial charge on any atom is -0.490 e. The van der Waals surface area contributed by atoms with Gasteiger partial charge in [-0.05, 0) is 56.5 Å². The van der Waals surface area contributed by atoms with Crippen LogP contribution in [0.3, 0.4) is 0 Å². The fraction of sp³-hybridized carbons (Fsp3) is 0.500. The van der Waals surface area contributed by atoms with Crippen LogP contribution in [0.25, 0.3) is 0 Å². The molecule has 0 saturated carbocycles. The third kappa shape index (κ3) is 7.13. The summed E-state index contributed by atoms with van der Waals surface area (Å²) in [6, 6.07) is 15.6. The van der Waals surface area contributed by atoms with Crippen LogP contribution in [-0.2, 0) is 4.79 Å². The molecule has 2 heterocycles. The first kappa shape index (κ1) is 25.8. The summed E-state index contributed by atoms with van der Waals surface area (Å²) in [5, 5.41) is 3.02. The maximum atomic E-state index is 12.8. The number of hydrogen-bond donors (Lipinski definition) is 1. The molecule has 4 rings (SSSR count). The zero-order valence-corrected chi connectivity index (χ0v) is 21.3. The molecule has 2 aliphatic heterocycles. The number of benzene rings is 2. The van der Waals surface area contributed by atoms with Gasteiger partial charge in [-0.1, -0.05) is 18.2 Å². The molecule has 2 aromatic rings.